The van der Waals surface area contributed by atoms with E-state index in [1.54, 1.807) is 6.92 Å². The molecule has 0 atom stereocenters. The maximum absolute atomic E-state index is 12.0. The number of nitrogens with two attached hydrogens (primary N) is 1. The van der Waals surface area contributed by atoms with Crippen molar-refractivity contribution in [3.8, 4) is 16.9 Å². The maximum atomic E-state index is 12.0. The molecule has 0 spiro atoms. The Labute approximate surface area is 205 Å². The van der Waals surface area contributed by atoms with Gasteiger partial charge in [-0.15, -0.1) is 0 Å². The summed E-state index contributed by atoms with van der Waals surface area (Å²) in [7, 11) is 0. The van der Waals surface area contributed by atoms with E-state index in [0.717, 1.165) is 33.3 Å². The van der Waals surface area contributed by atoms with Crippen LogP contribution in [0.2, 0.25) is 0 Å². The maximum Gasteiger partial charge on any atom is 0.310 e. The van der Waals surface area contributed by atoms with E-state index in [9.17, 15) is 4.79 Å². The molecule has 3 N–H and O–H groups in total. The van der Waals surface area contributed by atoms with Crippen molar-refractivity contribution in [2.75, 3.05) is 6.61 Å². The van der Waals surface area contributed by atoms with Crippen LogP contribution in [0.1, 0.15) is 43.6 Å². The number of esters is 1. The molecule has 1 heterocycles. The number of nitrogen functional groups attached to an aromatic ring is 1. The van der Waals surface area contributed by atoms with Crippen molar-refractivity contribution >= 4 is 22.7 Å². The molecule has 3 aromatic carbocycles. The lowest BCUT2D eigenvalue weighted by atomic mass is 10.0. The predicted octanol–water partition coefficient (Wildman–Crippen LogP) is 5.25. The first-order chi connectivity index (χ1) is 16.9. The Hall–Kier alpha value is -4.13. The Morgan fingerprint density at radius 2 is 1.77 bits per heavy atom. The molecule has 1 aromatic heterocycles. The molecule has 0 fully saturated rings. The Balaban J connectivity index is 1.65. The van der Waals surface area contributed by atoms with Gasteiger partial charge in [-0.3, -0.25) is 14.9 Å². The number of carbonyl (C=O) groups is 1. The van der Waals surface area contributed by atoms with Gasteiger partial charge in [-0.2, -0.15) is 5.10 Å². The van der Waals surface area contributed by atoms with Crippen molar-refractivity contribution < 1.29 is 14.3 Å². The summed E-state index contributed by atoms with van der Waals surface area (Å²) in [5.74, 6) is 0.412. The van der Waals surface area contributed by atoms with E-state index in [1.165, 1.54) is 0 Å². The van der Waals surface area contributed by atoms with Crippen LogP contribution in [0.4, 0.5) is 0 Å². The summed E-state index contributed by atoms with van der Waals surface area (Å²) in [6, 6.07) is 21.6. The van der Waals surface area contributed by atoms with Crippen LogP contribution in [0.25, 0.3) is 22.0 Å². The first-order valence-electron chi connectivity index (χ1n) is 11.7. The van der Waals surface area contributed by atoms with Gasteiger partial charge < -0.3 is 15.2 Å². The van der Waals surface area contributed by atoms with Crippen molar-refractivity contribution in [1.29, 1.82) is 5.41 Å². The first kappa shape index (κ1) is 24.0. The molecule has 0 aliphatic rings. The lowest BCUT2D eigenvalue weighted by molar-refractivity contribution is -0.142. The van der Waals surface area contributed by atoms with Crippen molar-refractivity contribution in [2.24, 2.45) is 5.73 Å². The highest BCUT2D eigenvalue weighted by atomic mass is 16.5. The molecule has 0 saturated heterocycles. The van der Waals surface area contributed by atoms with E-state index >= 15 is 0 Å². The van der Waals surface area contributed by atoms with Gasteiger partial charge in [0.1, 0.15) is 23.9 Å². The zero-order valence-corrected chi connectivity index (χ0v) is 20.2. The molecular formula is C28H30N4O3. The lowest BCUT2D eigenvalue weighted by Crippen LogP contribution is -2.10. The van der Waals surface area contributed by atoms with Crippen molar-refractivity contribution in [3.63, 3.8) is 0 Å². The molecule has 0 aliphatic heterocycles. The second-order valence-electron chi connectivity index (χ2n) is 8.59. The van der Waals surface area contributed by atoms with Crippen LogP contribution in [0.5, 0.6) is 5.75 Å². The number of rotatable bonds is 9. The topological polar surface area (TPSA) is 103 Å². The first-order valence-corrected chi connectivity index (χ1v) is 11.7. The van der Waals surface area contributed by atoms with Gasteiger partial charge in [-0.05, 0) is 50.1 Å². The molecule has 7 heteroatoms. The third-order valence-corrected chi connectivity index (χ3v) is 5.78. The van der Waals surface area contributed by atoms with Crippen LogP contribution in [0.3, 0.4) is 0 Å². The minimum Gasteiger partial charge on any atom is -0.487 e. The molecule has 0 amide bonds. The molecule has 7 nitrogen and oxygen atoms in total. The fraction of sp³-hybridized carbons (Fsp3) is 0.250. The average Bonchev–Trinajstić information content (AvgIpc) is 3.22. The molecule has 4 aromatic rings. The van der Waals surface area contributed by atoms with Crippen molar-refractivity contribution in [2.45, 2.75) is 39.8 Å². The van der Waals surface area contributed by atoms with E-state index in [-0.39, 0.29) is 30.9 Å². The standard InChI is InChI=1S/C28H30N4O3/c1-4-34-27(33)16-22-7-5-6-8-26(22)35-17-24-23-15-21(13-14-25(23)32(31-24)18(2)3)19-9-11-20(12-10-19)28(29)30/h5-15,18H,4,16-17H2,1-3H3,(H3,29,30). The fourth-order valence-electron chi connectivity index (χ4n) is 4.03. The summed E-state index contributed by atoms with van der Waals surface area (Å²) in [4.78, 5) is 12.0. The van der Waals surface area contributed by atoms with E-state index in [4.69, 9.17) is 25.7 Å². The van der Waals surface area contributed by atoms with Crippen LogP contribution in [-0.2, 0) is 22.6 Å². The molecule has 0 aliphatic carbocycles. The van der Waals surface area contributed by atoms with Gasteiger partial charge in [-0.1, -0.05) is 48.5 Å². The number of benzene rings is 3. The number of nitrogens with one attached hydrogen (secondary N) is 1. The minimum atomic E-state index is -0.279. The summed E-state index contributed by atoms with van der Waals surface area (Å²) < 4.78 is 13.3. The monoisotopic (exact) mass is 470 g/mol. The zero-order chi connectivity index (χ0) is 24.9. The average molecular weight is 471 g/mol. The summed E-state index contributed by atoms with van der Waals surface area (Å²) >= 11 is 0. The number of amidine groups is 1. The number of hydrogen-bond donors (Lipinski definition) is 2. The van der Waals surface area contributed by atoms with Gasteiger partial charge in [0.2, 0.25) is 0 Å². The number of para-hydroxylation sites is 1. The summed E-state index contributed by atoms with van der Waals surface area (Å²) in [5.41, 5.74) is 11.0. The van der Waals surface area contributed by atoms with Crippen molar-refractivity contribution in [3.05, 3.63) is 83.6 Å². The van der Waals surface area contributed by atoms with Gasteiger partial charge in [0.05, 0.1) is 18.5 Å². The SMILES string of the molecule is CCOC(=O)Cc1ccccc1OCc1nn(C(C)C)c2ccc(-c3ccc(C(=N)N)cc3)cc12. The zero-order valence-electron chi connectivity index (χ0n) is 20.2. The van der Waals surface area contributed by atoms with Gasteiger partial charge in [-0.25, -0.2) is 0 Å². The Morgan fingerprint density at radius 3 is 2.46 bits per heavy atom. The van der Waals surface area contributed by atoms with Crippen LogP contribution in [0, 0.1) is 5.41 Å². The van der Waals surface area contributed by atoms with Gasteiger partial charge in [0.25, 0.3) is 0 Å². The van der Waals surface area contributed by atoms with E-state index in [0.29, 0.717) is 17.9 Å². The number of carbonyl (C=O) groups excluding carboxylic acids is 1. The highest BCUT2D eigenvalue weighted by Crippen LogP contribution is 2.30. The summed E-state index contributed by atoms with van der Waals surface area (Å²) in [5, 5.41) is 13.5. The smallest absolute Gasteiger partial charge is 0.310 e. The van der Waals surface area contributed by atoms with E-state index < -0.39 is 0 Å². The van der Waals surface area contributed by atoms with Crippen LogP contribution in [0.15, 0.2) is 66.7 Å². The van der Waals surface area contributed by atoms with Crippen LogP contribution in [-0.4, -0.2) is 28.2 Å². The van der Waals surface area contributed by atoms with Gasteiger partial charge >= 0.3 is 5.97 Å². The number of nitrogens with zero attached hydrogens (tertiary/aromatic N) is 2. The highest BCUT2D eigenvalue weighted by molar-refractivity contribution is 5.95. The molecule has 0 saturated carbocycles. The largest absolute Gasteiger partial charge is 0.487 e. The third-order valence-electron chi connectivity index (χ3n) is 5.78. The molecule has 4 rings (SSSR count). The normalized spacial score (nSPS) is 11.1. The second-order valence-corrected chi connectivity index (χ2v) is 8.59. The Bertz CT molecular complexity index is 1360. The number of aromatic nitrogens is 2. The summed E-state index contributed by atoms with van der Waals surface area (Å²) in [6.45, 7) is 6.60. The molecule has 0 radical (unpaired) electrons. The molecule has 0 bridgehead atoms. The van der Waals surface area contributed by atoms with E-state index in [2.05, 4.69) is 32.0 Å². The van der Waals surface area contributed by atoms with E-state index in [1.807, 2.05) is 53.2 Å². The molecule has 180 valence electrons. The second kappa shape index (κ2) is 10.4. The van der Waals surface area contributed by atoms with Crippen molar-refractivity contribution in [1.82, 2.24) is 9.78 Å². The Morgan fingerprint density at radius 1 is 1.06 bits per heavy atom. The lowest BCUT2D eigenvalue weighted by Gasteiger charge is -2.10. The van der Waals surface area contributed by atoms with Gasteiger partial charge in [0, 0.05) is 22.6 Å². The predicted molar refractivity (Wildman–Crippen MR) is 138 cm³/mol. The molecular weight excluding hydrogens is 440 g/mol. The third kappa shape index (κ3) is 5.35. The molecule has 35 heavy (non-hydrogen) atoms. The van der Waals surface area contributed by atoms with Crippen LogP contribution < -0.4 is 10.5 Å². The number of hydrogen-bond acceptors (Lipinski definition) is 5. The number of fused-ring (bicyclic) bond motifs is 1. The highest BCUT2D eigenvalue weighted by Gasteiger charge is 2.16. The summed E-state index contributed by atoms with van der Waals surface area (Å²) in [6.07, 6.45) is 0.158. The van der Waals surface area contributed by atoms with Gasteiger partial charge in [0.15, 0.2) is 0 Å². The fourth-order valence-corrected chi connectivity index (χ4v) is 4.03. The molecule has 0 unspecified atom stereocenters. The minimum absolute atomic E-state index is 0.0490. The number of ether oxygens (including phenoxy) is 2. The quantitative estimate of drug-likeness (QED) is 0.197. The Kier molecular flexibility index (Phi) is 7.15. The van der Waals surface area contributed by atoms with Crippen LogP contribution >= 0.6 is 0 Å².